The molecule has 2 aromatic heterocycles. The topological polar surface area (TPSA) is 85.8 Å². The van der Waals surface area contributed by atoms with Crippen LogP contribution >= 0.6 is 0 Å². The number of rotatable bonds is 3. The summed E-state index contributed by atoms with van der Waals surface area (Å²) in [4.78, 5) is 10.8. The van der Waals surface area contributed by atoms with Crippen molar-refractivity contribution in [3.63, 3.8) is 0 Å². The van der Waals surface area contributed by atoms with E-state index in [-0.39, 0.29) is 5.69 Å². The molecule has 0 saturated carbocycles. The first kappa shape index (κ1) is 9.38. The van der Waals surface area contributed by atoms with E-state index in [1.54, 1.807) is 17.9 Å². The lowest BCUT2D eigenvalue weighted by molar-refractivity contribution is 0.0684. The predicted molar refractivity (Wildman–Crippen MR) is 49.3 cm³/mol. The highest BCUT2D eigenvalue weighted by atomic mass is 16.4. The second-order valence-electron chi connectivity index (χ2n) is 3.06. The summed E-state index contributed by atoms with van der Waals surface area (Å²) >= 11 is 0. The van der Waals surface area contributed by atoms with Crippen molar-refractivity contribution in [2.24, 2.45) is 7.05 Å². The van der Waals surface area contributed by atoms with Crippen LogP contribution in [0.5, 0.6) is 0 Å². The maximum absolute atomic E-state index is 10.8. The fourth-order valence-electron chi connectivity index (χ4n) is 1.26. The van der Waals surface area contributed by atoms with Gasteiger partial charge in [0.2, 0.25) is 0 Å². The molecule has 0 fully saturated rings. The third kappa shape index (κ3) is 1.85. The molecule has 0 saturated heterocycles. The van der Waals surface area contributed by atoms with Crippen molar-refractivity contribution in [2.45, 2.75) is 6.54 Å². The molecule has 0 radical (unpaired) electrons. The molecular weight excluding hydrogens is 198 g/mol. The quantitative estimate of drug-likeness (QED) is 0.750. The van der Waals surface area contributed by atoms with Gasteiger partial charge < -0.3 is 5.11 Å². The third-order valence-electron chi connectivity index (χ3n) is 1.90. The zero-order valence-corrected chi connectivity index (χ0v) is 8.03. The van der Waals surface area contributed by atoms with Gasteiger partial charge >= 0.3 is 5.97 Å². The number of hydrogen-bond acceptors (Lipinski definition) is 4. The Bertz CT molecular complexity index is 487. The molecule has 0 spiro atoms. The smallest absolute Gasteiger partial charge is 0.354 e. The van der Waals surface area contributed by atoms with Gasteiger partial charge in [0.15, 0.2) is 0 Å². The van der Waals surface area contributed by atoms with Crippen molar-refractivity contribution in [3.8, 4) is 0 Å². The van der Waals surface area contributed by atoms with Crippen LogP contribution in [0.2, 0.25) is 0 Å². The summed E-state index contributed by atoms with van der Waals surface area (Å²) in [5.41, 5.74) is 0.810. The van der Waals surface area contributed by atoms with Gasteiger partial charge in [0, 0.05) is 19.4 Å². The first-order valence-corrected chi connectivity index (χ1v) is 4.27. The Balaban J connectivity index is 2.24. The number of carboxylic acid groups (broad SMARTS) is 1. The highest BCUT2D eigenvalue weighted by Crippen LogP contribution is 2.02. The van der Waals surface area contributed by atoms with Gasteiger partial charge in [-0.05, 0) is 6.07 Å². The first-order valence-electron chi connectivity index (χ1n) is 4.27. The minimum absolute atomic E-state index is 0.139. The van der Waals surface area contributed by atoms with E-state index in [9.17, 15) is 4.79 Å². The number of aryl methyl sites for hydroxylation is 1. The normalized spacial score (nSPS) is 10.5. The van der Waals surface area contributed by atoms with Crippen LogP contribution in [0.3, 0.4) is 0 Å². The van der Waals surface area contributed by atoms with E-state index in [4.69, 9.17) is 5.11 Å². The molecular formula is C8H9N5O2. The molecule has 15 heavy (non-hydrogen) atoms. The van der Waals surface area contributed by atoms with E-state index in [0.717, 1.165) is 0 Å². The Kier molecular flexibility index (Phi) is 2.20. The Morgan fingerprint density at radius 1 is 1.60 bits per heavy atom. The van der Waals surface area contributed by atoms with Crippen LogP contribution in [0.15, 0.2) is 18.5 Å². The first-order chi connectivity index (χ1) is 7.16. The summed E-state index contributed by atoms with van der Waals surface area (Å²) in [7, 11) is 1.75. The van der Waals surface area contributed by atoms with Crippen LogP contribution in [-0.4, -0.2) is 35.9 Å². The Morgan fingerprint density at radius 3 is 3.00 bits per heavy atom. The third-order valence-corrected chi connectivity index (χ3v) is 1.90. The average Bonchev–Trinajstić information content (AvgIpc) is 2.75. The van der Waals surface area contributed by atoms with Crippen LogP contribution in [0.1, 0.15) is 16.2 Å². The van der Waals surface area contributed by atoms with Gasteiger partial charge in [-0.1, -0.05) is 5.21 Å². The van der Waals surface area contributed by atoms with Gasteiger partial charge in [-0.3, -0.25) is 9.36 Å². The standard InChI is InChI=1S/C8H9N5O2/c1-12-4-6(10-11-12)5-13-7(8(14)15)2-3-9-13/h2-4H,5H2,1H3,(H,14,15). The van der Waals surface area contributed by atoms with Gasteiger partial charge in [0.1, 0.15) is 11.4 Å². The molecule has 2 heterocycles. The van der Waals surface area contributed by atoms with Crippen LogP contribution < -0.4 is 0 Å². The van der Waals surface area contributed by atoms with Crippen molar-refractivity contribution in [3.05, 3.63) is 29.8 Å². The number of carboxylic acids is 1. The summed E-state index contributed by atoms with van der Waals surface area (Å²) in [5, 5.41) is 20.3. The van der Waals surface area contributed by atoms with E-state index in [1.165, 1.54) is 16.9 Å². The summed E-state index contributed by atoms with van der Waals surface area (Å²) < 4.78 is 2.92. The van der Waals surface area contributed by atoms with Crippen molar-refractivity contribution in [1.82, 2.24) is 24.8 Å². The number of aromatic nitrogens is 5. The molecule has 1 N–H and O–H groups in total. The molecule has 0 amide bonds. The SMILES string of the molecule is Cn1cc(Cn2nccc2C(=O)O)nn1. The summed E-state index contributed by atoms with van der Waals surface area (Å²) in [6.07, 6.45) is 3.16. The molecule has 2 aromatic rings. The minimum Gasteiger partial charge on any atom is -0.477 e. The minimum atomic E-state index is -1.00. The molecule has 0 aliphatic heterocycles. The van der Waals surface area contributed by atoms with Gasteiger partial charge in [0.05, 0.1) is 6.54 Å². The van der Waals surface area contributed by atoms with Crippen molar-refractivity contribution in [2.75, 3.05) is 0 Å². The van der Waals surface area contributed by atoms with Crippen LogP contribution in [0.25, 0.3) is 0 Å². The molecule has 0 unspecified atom stereocenters. The largest absolute Gasteiger partial charge is 0.477 e. The Labute approximate surface area is 84.9 Å². The summed E-state index contributed by atoms with van der Waals surface area (Å²) in [6, 6.07) is 1.44. The van der Waals surface area contributed by atoms with Gasteiger partial charge in [-0.25, -0.2) is 4.79 Å². The van der Waals surface area contributed by atoms with E-state index in [1.807, 2.05) is 0 Å². The second kappa shape index (κ2) is 3.52. The predicted octanol–water partition coefficient (Wildman–Crippen LogP) is -0.242. The van der Waals surface area contributed by atoms with Gasteiger partial charge in [-0.2, -0.15) is 5.10 Å². The zero-order chi connectivity index (χ0) is 10.8. The molecule has 78 valence electrons. The maximum Gasteiger partial charge on any atom is 0.354 e. The zero-order valence-electron chi connectivity index (χ0n) is 8.03. The van der Waals surface area contributed by atoms with Crippen molar-refractivity contribution in [1.29, 1.82) is 0 Å². The number of aromatic carboxylic acids is 1. The lowest BCUT2D eigenvalue weighted by Crippen LogP contribution is -2.11. The van der Waals surface area contributed by atoms with Crippen molar-refractivity contribution >= 4 is 5.97 Å². The average molecular weight is 207 g/mol. The molecule has 7 nitrogen and oxygen atoms in total. The molecule has 0 aliphatic carbocycles. The van der Waals surface area contributed by atoms with E-state index >= 15 is 0 Å². The molecule has 0 atom stereocenters. The number of hydrogen-bond donors (Lipinski definition) is 1. The summed E-state index contributed by atoms with van der Waals surface area (Å²) in [6.45, 7) is 0.308. The highest BCUT2D eigenvalue weighted by molar-refractivity contribution is 5.85. The fraction of sp³-hybridized carbons (Fsp3) is 0.250. The van der Waals surface area contributed by atoms with Crippen LogP contribution in [-0.2, 0) is 13.6 Å². The lowest BCUT2D eigenvalue weighted by Gasteiger charge is -2.00. The molecule has 2 rings (SSSR count). The van der Waals surface area contributed by atoms with E-state index in [0.29, 0.717) is 12.2 Å². The Hall–Kier alpha value is -2.18. The van der Waals surface area contributed by atoms with Crippen LogP contribution in [0, 0.1) is 0 Å². The van der Waals surface area contributed by atoms with Gasteiger partial charge in [0.25, 0.3) is 0 Å². The summed E-state index contributed by atoms with van der Waals surface area (Å²) in [5.74, 6) is -1.00. The fourth-order valence-corrected chi connectivity index (χ4v) is 1.26. The number of nitrogens with zero attached hydrogens (tertiary/aromatic N) is 5. The molecule has 0 aliphatic rings. The monoisotopic (exact) mass is 207 g/mol. The Morgan fingerprint density at radius 2 is 2.40 bits per heavy atom. The molecule has 0 bridgehead atoms. The molecule has 0 aromatic carbocycles. The highest BCUT2D eigenvalue weighted by Gasteiger charge is 2.11. The van der Waals surface area contributed by atoms with Gasteiger partial charge in [-0.15, -0.1) is 5.10 Å². The van der Waals surface area contributed by atoms with E-state index in [2.05, 4.69) is 15.4 Å². The van der Waals surface area contributed by atoms with E-state index < -0.39 is 5.97 Å². The lowest BCUT2D eigenvalue weighted by atomic mass is 10.4. The number of carbonyl (C=O) groups is 1. The maximum atomic E-state index is 10.8. The second-order valence-corrected chi connectivity index (χ2v) is 3.06. The van der Waals surface area contributed by atoms with Crippen molar-refractivity contribution < 1.29 is 9.90 Å². The molecule has 7 heteroatoms. The van der Waals surface area contributed by atoms with Crippen LogP contribution in [0.4, 0.5) is 0 Å².